The van der Waals surface area contributed by atoms with E-state index >= 15 is 0 Å². The first-order chi connectivity index (χ1) is 9.70. The molecule has 1 fully saturated rings. The molecule has 20 heavy (non-hydrogen) atoms. The van der Waals surface area contributed by atoms with E-state index in [2.05, 4.69) is 20.9 Å². The molecule has 1 aliphatic heterocycles. The van der Waals surface area contributed by atoms with Crippen molar-refractivity contribution in [3.8, 4) is 0 Å². The zero-order chi connectivity index (χ0) is 13.9. The number of nitrogens with zero attached hydrogens (tertiary/aromatic N) is 3. The second kappa shape index (κ2) is 6.31. The molecule has 106 valence electrons. The number of hydrogen-bond acceptors (Lipinski definition) is 4. The number of thiazole rings is 1. The van der Waals surface area contributed by atoms with Crippen LogP contribution in [0.15, 0.2) is 30.5 Å². The first-order valence-electron chi connectivity index (χ1n) is 6.54. The van der Waals surface area contributed by atoms with Crippen LogP contribution in [-0.4, -0.2) is 36.1 Å². The molecule has 0 bridgehead atoms. The van der Waals surface area contributed by atoms with Crippen LogP contribution >= 0.6 is 34.5 Å². The van der Waals surface area contributed by atoms with Gasteiger partial charge in [-0.15, -0.1) is 11.3 Å². The van der Waals surface area contributed by atoms with Crippen LogP contribution in [0, 0.1) is 0 Å². The molecule has 0 spiro atoms. The number of aromatic nitrogens is 1. The largest absolute Gasteiger partial charge is 0.369 e. The van der Waals surface area contributed by atoms with Crippen molar-refractivity contribution in [1.29, 1.82) is 0 Å². The molecule has 0 atom stereocenters. The van der Waals surface area contributed by atoms with Gasteiger partial charge in [-0.1, -0.05) is 29.3 Å². The van der Waals surface area contributed by atoms with E-state index in [1.165, 1.54) is 10.6 Å². The van der Waals surface area contributed by atoms with Crippen molar-refractivity contribution >= 4 is 40.2 Å². The second-order valence-electron chi connectivity index (χ2n) is 4.82. The van der Waals surface area contributed by atoms with Gasteiger partial charge in [0.2, 0.25) is 0 Å². The number of piperazine rings is 1. The lowest BCUT2D eigenvalue weighted by atomic mass is 10.2. The molecule has 1 aromatic heterocycles. The van der Waals surface area contributed by atoms with Crippen LogP contribution in [0.5, 0.6) is 0 Å². The Morgan fingerprint density at radius 3 is 2.60 bits per heavy atom. The van der Waals surface area contributed by atoms with Gasteiger partial charge in [0.25, 0.3) is 0 Å². The van der Waals surface area contributed by atoms with Gasteiger partial charge in [0.1, 0.15) is 0 Å². The Morgan fingerprint density at radius 2 is 1.95 bits per heavy atom. The number of anilines is 1. The SMILES string of the molecule is Clc1cccc(N2CCN(Cc3cnc(Cl)s3)CC2)c1. The van der Waals surface area contributed by atoms with Crippen LogP contribution in [0.1, 0.15) is 4.88 Å². The van der Waals surface area contributed by atoms with Crippen molar-refractivity contribution in [3.63, 3.8) is 0 Å². The lowest BCUT2D eigenvalue weighted by molar-refractivity contribution is 0.252. The minimum Gasteiger partial charge on any atom is -0.369 e. The van der Waals surface area contributed by atoms with Gasteiger partial charge in [-0.2, -0.15) is 0 Å². The smallest absolute Gasteiger partial charge is 0.183 e. The fourth-order valence-corrected chi connectivity index (χ4v) is 3.62. The molecular formula is C14H15Cl2N3S. The molecule has 0 unspecified atom stereocenters. The summed E-state index contributed by atoms with van der Waals surface area (Å²) in [7, 11) is 0. The topological polar surface area (TPSA) is 19.4 Å². The van der Waals surface area contributed by atoms with E-state index in [4.69, 9.17) is 23.2 Å². The van der Waals surface area contributed by atoms with Crippen LogP contribution in [0.3, 0.4) is 0 Å². The van der Waals surface area contributed by atoms with Crippen molar-refractivity contribution in [2.75, 3.05) is 31.1 Å². The molecule has 1 aromatic carbocycles. The highest BCUT2D eigenvalue weighted by molar-refractivity contribution is 7.15. The van der Waals surface area contributed by atoms with Crippen LogP contribution in [0.2, 0.25) is 9.49 Å². The third-order valence-electron chi connectivity index (χ3n) is 3.45. The number of benzene rings is 1. The van der Waals surface area contributed by atoms with Gasteiger partial charge >= 0.3 is 0 Å². The van der Waals surface area contributed by atoms with E-state index in [9.17, 15) is 0 Å². The number of rotatable bonds is 3. The molecule has 0 N–H and O–H groups in total. The molecule has 1 saturated heterocycles. The quantitative estimate of drug-likeness (QED) is 0.855. The molecule has 1 aliphatic rings. The molecule has 0 amide bonds. The zero-order valence-corrected chi connectivity index (χ0v) is 13.3. The van der Waals surface area contributed by atoms with Crippen molar-refractivity contribution < 1.29 is 0 Å². The van der Waals surface area contributed by atoms with Gasteiger partial charge in [0.15, 0.2) is 4.47 Å². The molecule has 0 radical (unpaired) electrons. The van der Waals surface area contributed by atoms with Crippen LogP contribution in [-0.2, 0) is 6.54 Å². The van der Waals surface area contributed by atoms with E-state index in [1.807, 2.05) is 24.4 Å². The Balaban J connectivity index is 1.57. The Labute approximate surface area is 132 Å². The first-order valence-corrected chi connectivity index (χ1v) is 8.11. The van der Waals surface area contributed by atoms with Gasteiger partial charge < -0.3 is 4.90 Å². The highest BCUT2D eigenvalue weighted by atomic mass is 35.5. The van der Waals surface area contributed by atoms with Gasteiger partial charge in [0.05, 0.1) is 0 Å². The lowest BCUT2D eigenvalue weighted by Gasteiger charge is -2.35. The van der Waals surface area contributed by atoms with Crippen LogP contribution in [0.25, 0.3) is 0 Å². The third kappa shape index (κ3) is 3.44. The van der Waals surface area contributed by atoms with E-state index in [-0.39, 0.29) is 0 Å². The summed E-state index contributed by atoms with van der Waals surface area (Å²) in [5.41, 5.74) is 1.21. The van der Waals surface area contributed by atoms with E-state index in [0.717, 1.165) is 37.7 Å². The predicted molar refractivity (Wildman–Crippen MR) is 86.1 cm³/mol. The van der Waals surface area contributed by atoms with Crippen LogP contribution < -0.4 is 4.90 Å². The predicted octanol–water partition coefficient (Wildman–Crippen LogP) is 3.77. The molecule has 0 saturated carbocycles. The third-order valence-corrected chi connectivity index (χ3v) is 4.79. The van der Waals surface area contributed by atoms with E-state index in [1.54, 1.807) is 11.3 Å². The average Bonchev–Trinajstić information content (AvgIpc) is 2.85. The summed E-state index contributed by atoms with van der Waals surface area (Å²) < 4.78 is 0.623. The summed E-state index contributed by atoms with van der Waals surface area (Å²) in [4.78, 5) is 10.1. The number of halogens is 2. The summed E-state index contributed by atoms with van der Waals surface area (Å²) in [5, 5.41) is 0.796. The van der Waals surface area contributed by atoms with E-state index < -0.39 is 0 Å². The van der Waals surface area contributed by atoms with Gasteiger partial charge in [-0.05, 0) is 18.2 Å². The maximum atomic E-state index is 6.05. The van der Waals surface area contributed by atoms with Crippen molar-refractivity contribution in [3.05, 3.63) is 44.8 Å². The standard InChI is InChI=1S/C14H15Cl2N3S/c15-11-2-1-3-12(8-11)19-6-4-18(5-7-19)10-13-9-17-14(16)20-13/h1-3,8-9H,4-7,10H2. The summed E-state index contributed by atoms with van der Waals surface area (Å²) in [6.07, 6.45) is 1.87. The minimum atomic E-state index is 0.623. The molecular weight excluding hydrogens is 313 g/mol. The summed E-state index contributed by atoms with van der Waals surface area (Å²) >= 11 is 13.5. The molecule has 0 aliphatic carbocycles. The Kier molecular flexibility index (Phi) is 4.46. The molecule has 2 aromatic rings. The maximum Gasteiger partial charge on any atom is 0.183 e. The van der Waals surface area contributed by atoms with Crippen LogP contribution in [0.4, 0.5) is 5.69 Å². The minimum absolute atomic E-state index is 0.623. The normalized spacial score (nSPS) is 16.6. The second-order valence-corrected chi connectivity index (χ2v) is 6.96. The summed E-state index contributed by atoms with van der Waals surface area (Å²) in [5.74, 6) is 0. The Bertz CT molecular complexity index is 579. The zero-order valence-electron chi connectivity index (χ0n) is 10.9. The van der Waals surface area contributed by atoms with Gasteiger partial charge in [-0.3, -0.25) is 4.90 Å². The number of hydrogen-bond donors (Lipinski definition) is 0. The Hall–Kier alpha value is -0.810. The fraction of sp³-hybridized carbons (Fsp3) is 0.357. The molecule has 6 heteroatoms. The highest BCUT2D eigenvalue weighted by Crippen LogP contribution is 2.23. The molecule has 3 nitrogen and oxygen atoms in total. The van der Waals surface area contributed by atoms with Gasteiger partial charge in [0, 0.05) is 54.5 Å². The molecule has 2 heterocycles. The van der Waals surface area contributed by atoms with Crippen molar-refractivity contribution in [1.82, 2.24) is 9.88 Å². The summed E-state index contributed by atoms with van der Waals surface area (Å²) in [6, 6.07) is 8.06. The molecule has 3 rings (SSSR count). The first kappa shape index (κ1) is 14.1. The van der Waals surface area contributed by atoms with Crippen molar-refractivity contribution in [2.24, 2.45) is 0 Å². The lowest BCUT2D eigenvalue weighted by Crippen LogP contribution is -2.45. The fourth-order valence-electron chi connectivity index (χ4n) is 2.41. The monoisotopic (exact) mass is 327 g/mol. The maximum absolute atomic E-state index is 6.05. The van der Waals surface area contributed by atoms with E-state index in [0.29, 0.717) is 4.47 Å². The highest BCUT2D eigenvalue weighted by Gasteiger charge is 2.18. The van der Waals surface area contributed by atoms with Crippen molar-refractivity contribution in [2.45, 2.75) is 6.54 Å². The summed E-state index contributed by atoms with van der Waals surface area (Å²) in [6.45, 7) is 5.07. The Morgan fingerprint density at radius 1 is 1.15 bits per heavy atom. The average molecular weight is 328 g/mol. The van der Waals surface area contributed by atoms with Gasteiger partial charge in [-0.25, -0.2) is 4.98 Å².